The Bertz CT molecular complexity index is 796. The predicted molar refractivity (Wildman–Crippen MR) is 112 cm³/mol. The molecule has 0 spiro atoms. The Morgan fingerprint density at radius 3 is 2.28 bits per heavy atom. The summed E-state index contributed by atoms with van der Waals surface area (Å²) in [6, 6.07) is 17.8. The first-order valence-corrected chi connectivity index (χ1v) is 9.54. The minimum atomic E-state index is -0.0611. The zero-order chi connectivity index (χ0) is 17.8. The number of amides is 1. The molecular weight excluding hydrogens is 348 g/mol. The van der Waals surface area contributed by atoms with E-state index >= 15 is 0 Å². The van der Waals surface area contributed by atoms with Crippen molar-refractivity contribution in [2.45, 2.75) is 13.8 Å². The number of anilines is 2. The highest BCUT2D eigenvalue weighted by molar-refractivity contribution is 8.27. The first-order chi connectivity index (χ1) is 12.1. The molecule has 3 nitrogen and oxygen atoms in total. The highest BCUT2D eigenvalue weighted by Gasteiger charge is 2.33. The van der Waals surface area contributed by atoms with Gasteiger partial charge in [-0.1, -0.05) is 54.3 Å². The number of carbonyl (C=O) groups is 1. The lowest BCUT2D eigenvalue weighted by Gasteiger charge is -2.20. The van der Waals surface area contributed by atoms with Gasteiger partial charge < -0.3 is 4.90 Å². The van der Waals surface area contributed by atoms with Crippen molar-refractivity contribution in [1.82, 2.24) is 0 Å². The van der Waals surface area contributed by atoms with Gasteiger partial charge in [-0.15, -0.1) is 0 Å². The summed E-state index contributed by atoms with van der Waals surface area (Å²) in [5.41, 5.74) is 3.01. The maximum atomic E-state index is 12.7. The Labute approximate surface area is 158 Å². The molecular formula is C20H20N2OS2. The molecule has 0 atom stereocenters. The quantitative estimate of drug-likeness (QED) is 0.551. The fourth-order valence-electron chi connectivity index (χ4n) is 2.79. The van der Waals surface area contributed by atoms with Crippen molar-refractivity contribution >= 4 is 51.7 Å². The first-order valence-electron chi connectivity index (χ1n) is 8.32. The summed E-state index contributed by atoms with van der Waals surface area (Å²) in [6.07, 6.45) is 1.91. The van der Waals surface area contributed by atoms with Gasteiger partial charge in [0.15, 0.2) is 4.32 Å². The van der Waals surface area contributed by atoms with E-state index in [1.165, 1.54) is 17.4 Å². The number of rotatable bonds is 5. The summed E-state index contributed by atoms with van der Waals surface area (Å²) >= 11 is 6.75. The van der Waals surface area contributed by atoms with Gasteiger partial charge in [0, 0.05) is 18.8 Å². The monoisotopic (exact) mass is 368 g/mol. The second-order valence-electron chi connectivity index (χ2n) is 5.62. The maximum Gasteiger partial charge on any atom is 0.270 e. The molecule has 1 amide bonds. The molecule has 128 valence electrons. The number of hydrogen-bond acceptors (Lipinski definition) is 4. The summed E-state index contributed by atoms with van der Waals surface area (Å²) in [5.74, 6) is -0.0611. The third-order valence-corrected chi connectivity index (χ3v) is 5.43. The summed E-state index contributed by atoms with van der Waals surface area (Å²) < 4.78 is 0.571. The number of thioether (sulfide) groups is 1. The van der Waals surface area contributed by atoms with Crippen LogP contribution in [0, 0.1) is 0 Å². The average Bonchev–Trinajstić information content (AvgIpc) is 2.91. The zero-order valence-corrected chi connectivity index (χ0v) is 15.9. The van der Waals surface area contributed by atoms with Crippen molar-refractivity contribution in [3.8, 4) is 0 Å². The zero-order valence-electron chi connectivity index (χ0n) is 14.3. The summed E-state index contributed by atoms with van der Waals surface area (Å²) in [7, 11) is 0. The molecule has 1 heterocycles. The van der Waals surface area contributed by atoms with E-state index in [1.54, 1.807) is 4.90 Å². The van der Waals surface area contributed by atoms with Gasteiger partial charge in [0.05, 0.1) is 10.6 Å². The molecule has 5 heteroatoms. The van der Waals surface area contributed by atoms with E-state index in [2.05, 4.69) is 30.9 Å². The first kappa shape index (κ1) is 17.7. The summed E-state index contributed by atoms with van der Waals surface area (Å²) in [4.78, 5) is 17.3. The minimum Gasteiger partial charge on any atom is -0.372 e. The summed E-state index contributed by atoms with van der Waals surface area (Å²) in [5, 5.41) is 0. The topological polar surface area (TPSA) is 23.6 Å². The van der Waals surface area contributed by atoms with Crippen LogP contribution in [-0.4, -0.2) is 23.3 Å². The van der Waals surface area contributed by atoms with Crippen molar-refractivity contribution in [1.29, 1.82) is 0 Å². The Morgan fingerprint density at radius 2 is 1.68 bits per heavy atom. The molecule has 0 N–H and O–H groups in total. The van der Waals surface area contributed by atoms with Gasteiger partial charge in [-0.25, -0.2) is 0 Å². The Kier molecular flexibility index (Phi) is 5.56. The Balaban J connectivity index is 1.82. The lowest BCUT2D eigenvalue weighted by molar-refractivity contribution is -0.113. The van der Waals surface area contributed by atoms with Crippen molar-refractivity contribution in [2.75, 3.05) is 22.9 Å². The van der Waals surface area contributed by atoms with Gasteiger partial charge in [-0.05, 0) is 49.8 Å². The number of benzene rings is 2. The molecule has 2 aromatic rings. The van der Waals surface area contributed by atoms with Gasteiger partial charge >= 0.3 is 0 Å². The molecule has 0 saturated carbocycles. The third kappa shape index (κ3) is 3.78. The van der Waals surface area contributed by atoms with Gasteiger partial charge in [0.1, 0.15) is 0 Å². The second kappa shape index (κ2) is 7.85. The van der Waals surface area contributed by atoms with Crippen LogP contribution in [-0.2, 0) is 4.79 Å². The van der Waals surface area contributed by atoms with Crippen LogP contribution in [0.1, 0.15) is 19.4 Å². The van der Waals surface area contributed by atoms with Gasteiger partial charge in [-0.3, -0.25) is 9.69 Å². The van der Waals surface area contributed by atoms with Crippen LogP contribution in [0.5, 0.6) is 0 Å². The smallest absolute Gasteiger partial charge is 0.270 e. The molecule has 0 radical (unpaired) electrons. The van der Waals surface area contributed by atoms with E-state index in [4.69, 9.17) is 12.2 Å². The maximum absolute atomic E-state index is 12.7. The Morgan fingerprint density at radius 1 is 1.04 bits per heavy atom. The van der Waals surface area contributed by atoms with E-state index in [1.807, 2.05) is 48.5 Å². The lowest BCUT2D eigenvalue weighted by atomic mass is 10.1. The van der Waals surface area contributed by atoms with Gasteiger partial charge in [-0.2, -0.15) is 0 Å². The normalized spacial score (nSPS) is 15.9. The van der Waals surface area contributed by atoms with E-state index in [9.17, 15) is 4.79 Å². The number of para-hydroxylation sites is 1. The molecule has 1 aliphatic rings. The molecule has 3 rings (SSSR count). The highest BCUT2D eigenvalue weighted by atomic mass is 32.2. The van der Waals surface area contributed by atoms with Crippen LogP contribution in [0.2, 0.25) is 0 Å². The van der Waals surface area contributed by atoms with Crippen LogP contribution in [0.25, 0.3) is 6.08 Å². The molecule has 1 fully saturated rings. The van der Waals surface area contributed by atoms with E-state index in [0.29, 0.717) is 9.23 Å². The Hall–Kier alpha value is -2.11. The summed E-state index contributed by atoms with van der Waals surface area (Å²) in [6.45, 7) is 6.25. The van der Waals surface area contributed by atoms with Crippen LogP contribution < -0.4 is 9.80 Å². The SMILES string of the molecule is CCN(CC)c1ccc(/C=C2\SC(=S)N(c3ccccc3)C2=O)cc1. The molecule has 0 unspecified atom stereocenters. The minimum absolute atomic E-state index is 0.0611. The van der Waals surface area contributed by atoms with Crippen LogP contribution >= 0.6 is 24.0 Å². The number of carbonyl (C=O) groups excluding carboxylic acids is 1. The lowest BCUT2D eigenvalue weighted by Crippen LogP contribution is -2.27. The standard InChI is InChI=1S/C20H20N2OS2/c1-3-21(4-2)16-12-10-15(11-13-16)14-18-19(23)22(20(24)25-18)17-8-6-5-7-9-17/h5-14H,3-4H2,1-2H3/b18-14-. The number of hydrogen-bond donors (Lipinski definition) is 0. The fraction of sp³-hybridized carbons (Fsp3) is 0.200. The van der Waals surface area contributed by atoms with Crippen molar-refractivity contribution in [3.05, 3.63) is 65.1 Å². The van der Waals surface area contributed by atoms with E-state index in [0.717, 1.165) is 24.3 Å². The molecule has 25 heavy (non-hydrogen) atoms. The van der Waals surface area contributed by atoms with Crippen LogP contribution in [0.4, 0.5) is 11.4 Å². The highest BCUT2D eigenvalue weighted by Crippen LogP contribution is 2.36. The molecule has 1 aliphatic heterocycles. The number of nitrogens with zero attached hydrogens (tertiary/aromatic N) is 2. The van der Waals surface area contributed by atoms with E-state index < -0.39 is 0 Å². The molecule has 1 saturated heterocycles. The van der Waals surface area contributed by atoms with Crippen molar-refractivity contribution in [3.63, 3.8) is 0 Å². The third-order valence-electron chi connectivity index (χ3n) is 4.13. The number of thiocarbonyl (C=S) groups is 1. The second-order valence-corrected chi connectivity index (χ2v) is 7.29. The fourth-order valence-corrected chi connectivity index (χ4v) is 4.09. The van der Waals surface area contributed by atoms with Gasteiger partial charge in [0.25, 0.3) is 5.91 Å². The average molecular weight is 369 g/mol. The molecule has 0 aromatic heterocycles. The van der Waals surface area contributed by atoms with Crippen LogP contribution in [0.3, 0.4) is 0 Å². The van der Waals surface area contributed by atoms with Crippen LogP contribution in [0.15, 0.2) is 59.5 Å². The van der Waals surface area contributed by atoms with Crippen molar-refractivity contribution in [2.24, 2.45) is 0 Å². The largest absolute Gasteiger partial charge is 0.372 e. The van der Waals surface area contributed by atoms with Gasteiger partial charge in [0.2, 0.25) is 0 Å². The van der Waals surface area contributed by atoms with Crippen molar-refractivity contribution < 1.29 is 4.79 Å². The predicted octanol–water partition coefficient (Wildman–Crippen LogP) is 4.94. The molecule has 0 bridgehead atoms. The van der Waals surface area contributed by atoms with E-state index in [-0.39, 0.29) is 5.91 Å². The molecule has 2 aromatic carbocycles. The molecule has 0 aliphatic carbocycles.